The lowest BCUT2D eigenvalue weighted by atomic mass is 10.2. The highest BCUT2D eigenvalue weighted by atomic mass is 35.5. The third-order valence-corrected chi connectivity index (χ3v) is 3.06. The van der Waals surface area contributed by atoms with Gasteiger partial charge in [0.05, 0.1) is 5.75 Å². The maximum atomic E-state index is 10.4. The summed E-state index contributed by atoms with van der Waals surface area (Å²) in [6, 6.07) is 0. The normalized spacial score (nSPS) is 11.9. The first-order valence-electron chi connectivity index (χ1n) is 5.28. The molecule has 15 heavy (non-hydrogen) atoms. The Bertz CT molecular complexity index is 232. The summed E-state index contributed by atoms with van der Waals surface area (Å²) in [6.07, 6.45) is 4.90. The Kier molecular flexibility index (Phi) is 9.49. The molecule has 0 aliphatic rings. The van der Waals surface area contributed by atoms with Crippen LogP contribution in [0.25, 0.3) is 0 Å². The molecule has 92 valence electrons. The van der Waals surface area contributed by atoms with Gasteiger partial charge in [-0.15, -0.1) is 11.6 Å². The average Bonchev–Trinajstić information content (AvgIpc) is 2.14. The molecule has 0 saturated heterocycles. The first-order chi connectivity index (χ1) is 7.06. The first kappa shape index (κ1) is 15.2. The van der Waals surface area contributed by atoms with E-state index in [1.807, 2.05) is 0 Å². The lowest BCUT2D eigenvalue weighted by molar-refractivity contribution is 0.479. The Labute approximate surface area is 97.1 Å². The van der Waals surface area contributed by atoms with E-state index in [4.69, 9.17) is 16.2 Å². The molecule has 0 atom stereocenters. The van der Waals surface area contributed by atoms with Crippen LogP contribution in [0.4, 0.5) is 0 Å². The molecule has 6 heteroatoms. The summed E-state index contributed by atoms with van der Waals surface area (Å²) in [6.45, 7) is 1.53. The predicted molar refractivity (Wildman–Crippen MR) is 63.1 cm³/mol. The fourth-order valence-electron chi connectivity index (χ4n) is 1.20. The van der Waals surface area contributed by atoms with Crippen molar-refractivity contribution in [1.29, 1.82) is 0 Å². The van der Waals surface area contributed by atoms with Gasteiger partial charge in [-0.25, -0.2) is 0 Å². The Morgan fingerprint density at radius 1 is 1.00 bits per heavy atom. The van der Waals surface area contributed by atoms with E-state index >= 15 is 0 Å². The SMILES string of the molecule is O=S(=O)(O)CCCNCCCCCCCl. The molecular weight excluding hydrogens is 238 g/mol. The quantitative estimate of drug-likeness (QED) is 0.355. The molecule has 0 aromatic carbocycles. The standard InChI is InChI=1S/C9H20ClNO3S/c10-6-3-1-2-4-7-11-8-5-9-15(12,13)14/h11H,1-9H2,(H,12,13,14). The van der Waals surface area contributed by atoms with E-state index in [2.05, 4.69) is 5.32 Å². The van der Waals surface area contributed by atoms with Gasteiger partial charge in [0, 0.05) is 5.88 Å². The summed E-state index contributed by atoms with van der Waals surface area (Å²) in [5.41, 5.74) is 0. The zero-order valence-electron chi connectivity index (χ0n) is 8.91. The number of unbranched alkanes of at least 4 members (excludes halogenated alkanes) is 3. The molecule has 0 unspecified atom stereocenters. The van der Waals surface area contributed by atoms with Crippen molar-refractivity contribution in [2.75, 3.05) is 24.7 Å². The summed E-state index contributed by atoms with van der Waals surface area (Å²) < 4.78 is 29.2. The number of hydrogen-bond acceptors (Lipinski definition) is 3. The molecule has 0 saturated carbocycles. The van der Waals surface area contributed by atoms with Crippen LogP contribution in [-0.2, 0) is 10.1 Å². The molecule has 0 bridgehead atoms. The van der Waals surface area contributed by atoms with Gasteiger partial charge in [0.1, 0.15) is 0 Å². The number of hydrogen-bond donors (Lipinski definition) is 2. The number of halogens is 1. The largest absolute Gasteiger partial charge is 0.317 e. The summed E-state index contributed by atoms with van der Waals surface area (Å²) in [4.78, 5) is 0. The molecule has 0 rings (SSSR count). The van der Waals surface area contributed by atoms with E-state index in [1.165, 1.54) is 0 Å². The maximum Gasteiger partial charge on any atom is 0.264 e. The van der Waals surface area contributed by atoms with Crippen molar-refractivity contribution < 1.29 is 13.0 Å². The Morgan fingerprint density at radius 2 is 1.60 bits per heavy atom. The molecule has 0 spiro atoms. The van der Waals surface area contributed by atoms with Crippen LogP contribution in [0.3, 0.4) is 0 Å². The van der Waals surface area contributed by atoms with Crippen molar-refractivity contribution >= 4 is 21.7 Å². The lowest BCUT2D eigenvalue weighted by Gasteiger charge is -2.03. The molecule has 0 amide bonds. The molecule has 4 nitrogen and oxygen atoms in total. The molecule has 0 aromatic heterocycles. The van der Waals surface area contributed by atoms with Gasteiger partial charge in [0.15, 0.2) is 0 Å². The molecule has 0 radical (unpaired) electrons. The minimum Gasteiger partial charge on any atom is -0.317 e. The molecule has 0 heterocycles. The van der Waals surface area contributed by atoms with Crippen LogP contribution in [-0.4, -0.2) is 37.7 Å². The van der Waals surface area contributed by atoms with Gasteiger partial charge in [-0.2, -0.15) is 8.42 Å². The van der Waals surface area contributed by atoms with E-state index in [-0.39, 0.29) is 5.75 Å². The van der Waals surface area contributed by atoms with Crippen LogP contribution in [0.1, 0.15) is 32.1 Å². The number of alkyl halides is 1. The van der Waals surface area contributed by atoms with E-state index in [0.717, 1.165) is 38.1 Å². The van der Waals surface area contributed by atoms with Crippen molar-refractivity contribution in [3.05, 3.63) is 0 Å². The molecule has 0 aromatic rings. The van der Waals surface area contributed by atoms with Gasteiger partial charge in [0.25, 0.3) is 10.1 Å². The van der Waals surface area contributed by atoms with Crippen molar-refractivity contribution in [3.63, 3.8) is 0 Å². The molecule has 0 aliphatic carbocycles. The smallest absolute Gasteiger partial charge is 0.264 e. The van der Waals surface area contributed by atoms with Crippen LogP contribution < -0.4 is 5.32 Å². The monoisotopic (exact) mass is 257 g/mol. The lowest BCUT2D eigenvalue weighted by Crippen LogP contribution is -2.19. The molecule has 0 fully saturated rings. The van der Waals surface area contributed by atoms with Crippen LogP contribution in [0.5, 0.6) is 0 Å². The van der Waals surface area contributed by atoms with E-state index in [9.17, 15) is 8.42 Å². The topological polar surface area (TPSA) is 66.4 Å². The second-order valence-corrected chi connectivity index (χ2v) is 5.44. The number of nitrogens with one attached hydrogen (secondary N) is 1. The summed E-state index contributed by atoms with van der Waals surface area (Å²) in [5.74, 6) is 0.564. The summed E-state index contributed by atoms with van der Waals surface area (Å²) in [5, 5.41) is 3.13. The van der Waals surface area contributed by atoms with Gasteiger partial charge < -0.3 is 5.32 Å². The van der Waals surface area contributed by atoms with E-state index in [1.54, 1.807) is 0 Å². The summed E-state index contributed by atoms with van der Waals surface area (Å²) in [7, 11) is -3.78. The predicted octanol–water partition coefficient (Wildman–Crippen LogP) is 1.65. The highest BCUT2D eigenvalue weighted by Gasteiger charge is 2.02. The van der Waals surface area contributed by atoms with Crippen LogP contribution in [0.15, 0.2) is 0 Å². The Balaban J connectivity index is 3.06. The van der Waals surface area contributed by atoms with Crippen molar-refractivity contribution in [2.45, 2.75) is 32.1 Å². The summed E-state index contributed by atoms with van der Waals surface area (Å²) >= 11 is 5.53. The fraction of sp³-hybridized carbons (Fsp3) is 1.00. The molecule has 2 N–H and O–H groups in total. The minimum atomic E-state index is -3.78. The third-order valence-electron chi connectivity index (χ3n) is 1.99. The maximum absolute atomic E-state index is 10.4. The van der Waals surface area contributed by atoms with Crippen molar-refractivity contribution in [2.24, 2.45) is 0 Å². The second kappa shape index (κ2) is 9.39. The van der Waals surface area contributed by atoms with E-state index < -0.39 is 10.1 Å². The third kappa shape index (κ3) is 14.2. The fourth-order valence-corrected chi connectivity index (χ4v) is 1.90. The van der Waals surface area contributed by atoms with Gasteiger partial charge >= 0.3 is 0 Å². The molecule has 0 aliphatic heterocycles. The zero-order valence-corrected chi connectivity index (χ0v) is 10.5. The second-order valence-electron chi connectivity index (χ2n) is 3.49. The zero-order chi connectivity index (χ0) is 11.6. The van der Waals surface area contributed by atoms with Crippen LogP contribution >= 0.6 is 11.6 Å². The highest BCUT2D eigenvalue weighted by molar-refractivity contribution is 7.85. The molecular formula is C9H20ClNO3S. The van der Waals surface area contributed by atoms with Crippen molar-refractivity contribution in [1.82, 2.24) is 5.32 Å². The van der Waals surface area contributed by atoms with Gasteiger partial charge in [0.2, 0.25) is 0 Å². The Morgan fingerprint density at radius 3 is 2.20 bits per heavy atom. The van der Waals surface area contributed by atoms with Crippen LogP contribution in [0, 0.1) is 0 Å². The van der Waals surface area contributed by atoms with Gasteiger partial charge in [-0.1, -0.05) is 12.8 Å². The van der Waals surface area contributed by atoms with Crippen LogP contribution in [0.2, 0.25) is 0 Å². The highest BCUT2D eigenvalue weighted by Crippen LogP contribution is 1.99. The van der Waals surface area contributed by atoms with Gasteiger partial charge in [-0.3, -0.25) is 4.55 Å². The average molecular weight is 258 g/mol. The first-order valence-corrected chi connectivity index (χ1v) is 7.42. The van der Waals surface area contributed by atoms with E-state index in [0.29, 0.717) is 13.0 Å². The minimum absolute atomic E-state index is 0.160. The number of rotatable bonds is 10. The van der Waals surface area contributed by atoms with Gasteiger partial charge in [-0.05, 0) is 32.4 Å². The van der Waals surface area contributed by atoms with Crippen molar-refractivity contribution in [3.8, 4) is 0 Å². The Hall–Kier alpha value is 0.160.